The largest absolute Gasteiger partial charge is 0.497 e. The van der Waals surface area contributed by atoms with E-state index in [2.05, 4.69) is 4.98 Å². The number of amides is 1. The Labute approximate surface area is 171 Å². The number of halogens is 2. The summed E-state index contributed by atoms with van der Waals surface area (Å²) in [6.45, 7) is 0.472. The monoisotopic (exact) mass is 417 g/mol. The second kappa shape index (κ2) is 8.41. The molecule has 2 aromatic carbocycles. The third kappa shape index (κ3) is 4.53. The Morgan fingerprint density at radius 2 is 1.97 bits per heavy atom. The number of thioether (sulfide) groups is 1. The molecule has 0 saturated heterocycles. The lowest BCUT2D eigenvalue weighted by atomic mass is 10.2. The topological polar surface area (TPSA) is 47.4 Å². The van der Waals surface area contributed by atoms with E-state index in [0.29, 0.717) is 29.3 Å². The number of benzene rings is 2. The molecule has 1 amide bonds. The number of rotatable bonds is 8. The van der Waals surface area contributed by atoms with Gasteiger partial charge in [0, 0.05) is 12.6 Å². The molecular weight excluding hydrogens is 396 g/mol. The quantitative estimate of drug-likeness (QED) is 0.505. The molecule has 0 aliphatic heterocycles. The Kier molecular flexibility index (Phi) is 5.71. The van der Waals surface area contributed by atoms with E-state index < -0.39 is 5.76 Å². The molecule has 1 fully saturated rings. The Morgan fingerprint density at radius 1 is 1.24 bits per heavy atom. The van der Waals surface area contributed by atoms with Crippen molar-refractivity contribution in [2.24, 2.45) is 0 Å². The summed E-state index contributed by atoms with van der Waals surface area (Å²) in [6, 6.07) is 15.0. The number of ether oxygens (including phenoxy) is 1. The van der Waals surface area contributed by atoms with Crippen LogP contribution in [0.3, 0.4) is 0 Å². The van der Waals surface area contributed by atoms with Crippen molar-refractivity contribution < 1.29 is 18.3 Å². The highest BCUT2D eigenvalue weighted by Crippen LogP contribution is 2.31. The van der Waals surface area contributed by atoms with Gasteiger partial charge in [-0.1, -0.05) is 24.3 Å². The van der Waals surface area contributed by atoms with Crippen molar-refractivity contribution in [3.63, 3.8) is 0 Å². The van der Waals surface area contributed by atoms with Crippen LogP contribution in [-0.4, -0.2) is 39.3 Å². The maximum absolute atomic E-state index is 13.2. The number of alkyl halides is 2. The van der Waals surface area contributed by atoms with Crippen LogP contribution in [0, 0.1) is 0 Å². The summed E-state index contributed by atoms with van der Waals surface area (Å²) in [4.78, 5) is 19.3. The molecule has 29 heavy (non-hydrogen) atoms. The van der Waals surface area contributed by atoms with Crippen molar-refractivity contribution in [1.82, 2.24) is 14.5 Å². The molecule has 1 aliphatic rings. The normalized spacial score (nSPS) is 13.8. The van der Waals surface area contributed by atoms with Crippen LogP contribution < -0.4 is 4.74 Å². The number of hydrogen-bond acceptors (Lipinski definition) is 4. The summed E-state index contributed by atoms with van der Waals surface area (Å²) in [5.74, 6) is -1.93. The first-order chi connectivity index (χ1) is 14.0. The lowest BCUT2D eigenvalue weighted by Crippen LogP contribution is -2.35. The number of fused-ring (bicyclic) bond motifs is 1. The van der Waals surface area contributed by atoms with Crippen LogP contribution in [0.1, 0.15) is 18.4 Å². The summed E-state index contributed by atoms with van der Waals surface area (Å²) in [7, 11) is 1.61. The summed E-state index contributed by atoms with van der Waals surface area (Å²) in [5.41, 5.74) is 2.30. The van der Waals surface area contributed by atoms with Gasteiger partial charge >= 0.3 is 0 Å². The van der Waals surface area contributed by atoms with Crippen LogP contribution in [0.2, 0.25) is 0 Å². The number of aromatic nitrogens is 2. The summed E-state index contributed by atoms with van der Waals surface area (Å²) < 4.78 is 32.8. The highest BCUT2D eigenvalue weighted by molar-refractivity contribution is 7.99. The summed E-state index contributed by atoms with van der Waals surface area (Å²) >= 11 is 0.370. The van der Waals surface area contributed by atoms with Gasteiger partial charge in [-0.2, -0.15) is 8.78 Å². The number of carbonyl (C=O) groups excluding carboxylic acids is 1. The third-order valence-corrected chi connectivity index (χ3v) is 5.63. The Morgan fingerprint density at radius 3 is 2.62 bits per heavy atom. The lowest BCUT2D eigenvalue weighted by Gasteiger charge is -2.23. The first-order valence-electron chi connectivity index (χ1n) is 9.37. The zero-order valence-corrected chi connectivity index (χ0v) is 16.7. The predicted octanol–water partition coefficient (Wildman–Crippen LogP) is 4.55. The van der Waals surface area contributed by atoms with Crippen molar-refractivity contribution in [2.45, 2.75) is 42.9 Å². The first-order valence-corrected chi connectivity index (χ1v) is 10.3. The van der Waals surface area contributed by atoms with Crippen LogP contribution in [0.25, 0.3) is 11.0 Å². The van der Waals surface area contributed by atoms with Crippen molar-refractivity contribution in [1.29, 1.82) is 0 Å². The van der Waals surface area contributed by atoms with E-state index in [9.17, 15) is 13.6 Å². The molecule has 1 aliphatic carbocycles. The van der Waals surface area contributed by atoms with Gasteiger partial charge in [-0.25, -0.2) is 4.98 Å². The predicted molar refractivity (Wildman–Crippen MR) is 108 cm³/mol. The van der Waals surface area contributed by atoms with Crippen LogP contribution in [0.5, 0.6) is 5.75 Å². The van der Waals surface area contributed by atoms with Crippen LogP contribution in [0.15, 0.2) is 53.7 Å². The second-order valence-electron chi connectivity index (χ2n) is 6.95. The lowest BCUT2D eigenvalue weighted by molar-refractivity contribution is -0.133. The zero-order chi connectivity index (χ0) is 20.4. The van der Waals surface area contributed by atoms with Crippen LogP contribution in [-0.2, 0) is 17.9 Å². The smallest absolute Gasteiger partial charge is 0.291 e. The number of nitrogens with zero attached hydrogens (tertiary/aromatic N) is 3. The molecule has 0 atom stereocenters. The van der Waals surface area contributed by atoms with E-state index in [1.54, 1.807) is 29.9 Å². The standard InChI is InChI=1S/C21H21F2N3O2S/c1-28-16-10-6-14(7-11-16)12-25(15-8-9-15)19(27)13-26-18-5-3-2-4-17(18)24-21(26)29-20(22)23/h2-7,10-11,15,20H,8-9,12-13H2,1H3. The van der Waals surface area contributed by atoms with Gasteiger partial charge in [0.25, 0.3) is 5.76 Å². The van der Waals surface area contributed by atoms with E-state index in [1.165, 1.54) is 0 Å². The Balaban J connectivity index is 1.57. The number of hydrogen-bond donors (Lipinski definition) is 0. The molecule has 0 radical (unpaired) electrons. The number of para-hydroxylation sites is 2. The molecular formula is C21H21F2N3O2S. The minimum absolute atomic E-state index is 0.0117. The molecule has 1 aromatic heterocycles. The van der Waals surface area contributed by atoms with Gasteiger partial charge in [-0.05, 0) is 54.4 Å². The Hall–Kier alpha value is -2.61. The summed E-state index contributed by atoms with van der Waals surface area (Å²) in [6.07, 6.45) is 1.93. The van der Waals surface area contributed by atoms with Gasteiger partial charge in [0.05, 0.1) is 18.1 Å². The second-order valence-corrected chi connectivity index (χ2v) is 7.91. The Bertz CT molecular complexity index is 1000. The highest BCUT2D eigenvalue weighted by Gasteiger charge is 2.33. The third-order valence-electron chi connectivity index (χ3n) is 4.93. The molecule has 0 spiro atoms. The van der Waals surface area contributed by atoms with Crippen molar-refractivity contribution in [3.05, 3.63) is 54.1 Å². The molecule has 0 N–H and O–H groups in total. The highest BCUT2D eigenvalue weighted by atomic mass is 32.2. The number of imidazole rings is 1. The molecule has 0 unspecified atom stereocenters. The maximum Gasteiger partial charge on any atom is 0.291 e. The van der Waals surface area contributed by atoms with E-state index in [0.717, 1.165) is 24.2 Å². The van der Waals surface area contributed by atoms with E-state index in [4.69, 9.17) is 4.74 Å². The fourth-order valence-corrected chi connectivity index (χ4v) is 3.94. The molecule has 1 saturated carbocycles. The average Bonchev–Trinajstić information content (AvgIpc) is 3.50. The van der Waals surface area contributed by atoms with Gasteiger partial charge in [-0.15, -0.1) is 0 Å². The van der Waals surface area contributed by atoms with E-state index in [1.807, 2.05) is 35.2 Å². The molecule has 3 aromatic rings. The van der Waals surface area contributed by atoms with Crippen LogP contribution >= 0.6 is 11.8 Å². The van der Waals surface area contributed by atoms with Crippen LogP contribution in [0.4, 0.5) is 8.78 Å². The van der Waals surface area contributed by atoms with Gasteiger partial charge < -0.3 is 14.2 Å². The van der Waals surface area contributed by atoms with E-state index >= 15 is 0 Å². The maximum atomic E-state index is 13.2. The van der Waals surface area contributed by atoms with Gasteiger partial charge in [-0.3, -0.25) is 4.79 Å². The molecule has 5 nitrogen and oxygen atoms in total. The van der Waals surface area contributed by atoms with Gasteiger partial charge in [0.2, 0.25) is 5.91 Å². The minimum atomic E-state index is -2.60. The minimum Gasteiger partial charge on any atom is -0.497 e. The molecule has 152 valence electrons. The van der Waals surface area contributed by atoms with Crippen molar-refractivity contribution in [2.75, 3.05) is 7.11 Å². The summed E-state index contributed by atoms with van der Waals surface area (Å²) in [5, 5.41) is 0.162. The average molecular weight is 417 g/mol. The van der Waals surface area contributed by atoms with Crippen molar-refractivity contribution >= 4 is 28.7 Å². The fraction of sp³-hybridized carbons (Fsp3) is 0.333. The molecule has 8 heteroatoms. The number of methoxy groups -OCH3 is 1. The zero-order valence-electron chi connectivity index (χ0n) is 15.9. The van der Waals surface area contributed by atoms with Crippen molar-refractivity contribution in [3.8, 4) is 5.75 Å². The SMILES string of the molecule is COc1ccc(CN(C(=O)Cn2c(SC(F)F)nc3ccccc32)C2CC2)cc1. The molecule has 4 rings (SSSR count). The fourth-order valence-electron chi connectivity index (χ4n) is 3.34. The molecule has 1 heterocycles. The van der Waals surface area contributed by atoms with Gasteiger partial charge in [0.15, 0.2) is 5.16 Å². The molecule has 0 bridgehead atoms. The van der Waals surface area contributed by atoms with E-state index in [-0.39, 0.29) is 23.7 Å². The number of carbonyl (C=O) groups is 1. The van der Waals surface area contributed by atoms with Gasteiger partial charge in [0.1, 0.15) is 12.3 Å². The first kappa shape index (κ1) is 19.7.